The monoisotopic (exact) mass is 257 g/mol. The van der Waals surface area contributed by atoms with Crippen LogP contribution in [-0.2, 0) is 4.89 Å². The highest BCUT2D eigenvalue weighted by molar-refractivity contribution is 5.88. The molecule has 0 heterocycles. The van der Waals surface area contributed by atoms with Crippen molar-refractivity contribution in [3.05, 3.63) is 60.2 Å². The lowest BCUT2D eigenvalue weighted by Gasteiger charge is -2.15. The second-order valence-corrected chi connectivity index (χ2v) is 4.18. The molecule has 0 amide bonds. The van der Waals surface area contributed by atoms with Crippen molar-refractivity contribution in [2.45, 2.75) is 0 Å². The molecule has 98 valence electrons. The quantitative estimate of drug-likeness (QED) is 0.623. The van der Waals surface area contributed by atoms with Crippen LogP contribution in [0.15, 0.2) is 54.6 Å². The Morgan fingerprint density at radius 3 is 2.26 bits per heavy atom. The first-order valence-corrected chi connectivity index (χ1v) is 5.89. The van der Waals surface area contributed by atoms with E-state index in [0.29, 0.717) is 11.3 Å². The summed E-state index contributed by atoms with van der Waals surface area (Å²) in [6.45, 7) is 0. The summed E-state index contributed by atoms with van der Waals surface area (Å²) in [5.41, 5.74) is 1.29. The van der Waals surface area contributed by atoms with Crippen LogP contribution in [0.1, 0.15) is 10.4 Å². The van der Waals surface area contributed by atoms with Crippen molar-refractivity contribution in [1.82, 2.24) is 0 Å². The van der Waals surface area contributed by atoms with Gasteiger partial charge in [-0.15, -0.1) is 0 Å². The van der Waals surface area contributed by atoms with Gasteiger partial charge in [-0.05, 0) is 24.3 Å². The third kappa shape index (κ3) is 3.25. The molecule has 0 aliphatic heterocycles. The summed E-state index contributed by atoms with van der Waals surface area (Å²) >= 11 is 0. The number of benzene rings is 2. The van der Waals surface area contributed by atoms with Crippen molar-refractivity contribution in [2.75, 3.05) is 19.0 Å². The third-order valence-electron chi connectivity index (χ3n) is 2.56. The molecule has 4 heteroatoms. The van der Waals surface area contributed by atoms with Crippen LogP contribution in [0, 0.1) is 0 Å². The highest BCUT2D eigenvalue weighted by Crippen LogP contribution is 2.26. The van der Waals surface area contributed by atoms with Crippen LogP contribution in [0.3, 0.4) is 0 Å². The average Bonchev–Trinajstić information content (AvgIpc) is 2.46. The molecule has 0 fully saturated rings. The van der Waals surface area contributed by atoms with Gasteiger partial charge in [0.2, 0.25) is 5.75 Å². The summed E-state index contributed by atoms with van der Waals surface area (Å²) < 4.78 is 0. The van der Waals surface area contributed by atoms with Crippen molar-refractivity contribution in [2.24, 2.45) is 0 Å². The third-order valence-corrected chi connectivity index (χ3v) is 2.56. The van der Waals surface area contributed by atoms with Crippen LogP contribution < -0.4 is 9.79 Å². The van der Waals surface area contributed by atoms with Gasteiger partial charge in [0.15, 0.2) is 0 Å². The molecule has 0 unspecified atom stereocenters. The number of anilines is 1. The Morgan fingerprint density at radius 1 is 0.947 bits per heavy atom. The molecule has 19 heavy (non-hydrogen) atoms. The number of rotatable bonds is 4. The molecule has 0 aliphatic carbocycles. The van der Waals surface area contributed by atoms with Crippen molar-refractivity contribution in [1.29, 1.82) is 0 Å². The van der Waals surface area contributed by atoms with E-state index < -0.39 is 5.97 Å². The van der Waals surface area contributed by atoms with Crippen LogP contribution in [0.2, 0.25) is 0 Å². The predicted molar refractivity (Wildman–Crippen MR) is 73.3 cm³/mol. The molecule has 0 spiro atoms. The van der Waals surface area contributed by atoms with Gasteiger partial charge in [0.25, 0.3) is 0 Å². The molecule has 0 bridgehead atoms. The summed E-state index contributed by atoms with van der Waals surface area (Å²) in [6, 6.07) is 16.0. The fraction of sp³-hybridized carbons (Fsp3) is 0.133. The van der Waals surface area contributed by atoms with Gasteiger partial charge >= 0.3 is 5.97 Å². The van der Waals surface area contributed by atoms with Gasteiger partial charge in [-0.1, -0.05) is 30.3 Å². The first-order chi connectivity index (χ1) is 9.18. The van der Waals surface area contributed by atoms with Gasteiger partial charge in [-0.2, -0.15) is 0 Å². The fourth-order valence-corrected chi connectivity index (χ4v) is 1.60. The standard InChI is InChI=1S/C15H15NO3/c1-16(2)13-10-6-7-11-14(13)18-19-15(17)12-8-4-3-5-9-12/h3-11H,1-2H3. The molecule has 0 saturated heterocycles. The van der Waals surface area contributed by atoms with Crippen LogP contribution in [0.25, 0.3) is 0 Å². The van der Waals surface area contributed by atoms with Crippen molar-refractivity contribution >= 4 is 11.7 Å². The Hall–Kier alpha value is -2.49. The van der Waals surface area contributed by atoms with E-state index in [2.05, 4.69) is 0 Å². The molecule has 0 radical (unpaired) electrons. The van der Waals surface area contributed by atoms with Gasteiger partial charge in [-0.25, -0.2) is 9.68 Å². The maximum atomic E-state index is 11.7. The van der Waals surface area contributed by atoms with E-state index in [9.17, 15) is 4.79 Å². The lowest BCUT2D eigenvalue weighted by atomic mass is 10.2. The highest BCUT2D eigenvalue weighted by atomic mass is 17.2. The van der Waals surface area contributed by atoms with Crippen LogP contribution in [0.5, 0.6) is 5.75 Å². The topological polar surface area (TPSA) is 38.8 Å². The largest absolute Gasteiger partial charge is 0.386 e. The van der Waals surface area contributed by atoms with Gasteiger partial charge < -0.3 is 4.90 Å². The Labute approximate surface area is 112 Å². The molecule has 0 aromatic heterocycles. The Morgan fingerprint density at radius 2 is 1.58 bits per heavy atom. The summed E-state index contributed by atoms with van der Waals surface area (Å²) in [6.07, 6.45) is 0. The molecule has 0 atom stereocenters. The van der Waals surface area contributed by atoms with Crippen LogP contribution in [-0.4, -0.2) is 20.1 Å². The lowest BCUT2D eigenvalue weighted by Crippen LogP contribution is -2.13. The highest BCUT2D eigenvalue weighted by Gasteiger charge is 2.11. The molecule has 2 rings (SSSR count). The molecule has 0 aliphatic rings. The molecule has 0 N–H and O–H groups in total. The van der Waals surface area contributed by atoms with E-state index in [0.717, 1.165) is 5.69 Å². The zero-order chi connectivity index (χ0) is 13.7. The molecule has 0 saturated carbocycles. The van der Waals surface area contributed by atoms with E-state index in [1.807, 2.05) is 43.3 Å². The Balaban J connectivity index is 2.05. The minimum Gasteiger partial charge on any atom is -0.375 e. The van der Waals surface area contributed by atoms with Crippen LogP contribution >= 0.6 is 0 Å². The molecule has 2 aromatic rings. The second kappa shape index (κ2) is 5.91. The van der Waals surface area contributed by atoms with Gasteiger partial charge in [0.1, 0.15) is 0 Å². The van der Waals surface area contributed by atoms with Gasteiger partial charge in [0.05, 0.1) is 11.3 Å². The maximum Gasteiger partial charge on any atom is 0.386 e. The van der Waals surface area contributed by atoms with E-state index in [1.165, 1.54) is 0 Å². The number of hydrogen-bond acceptors (Lipinski definition) is 4. The minimum absolute atomic E-state index is 0.449. The number of nitrogens with zero attached hydrogens (tertiary/aromatic N) is 1. The number of carbonyl (C=O) groups excluding carboxylic acids is 1. The molecule has 2 aromatic carbocycles. The molecule has 4 nitrogen and oxygen atoms in total. The SMILES string of the molecule is CN(C)c1ccccc1OOC(=O)c1ccccc1. The summed E-state index contributed by atoms with van der Waals surface area (Å²) in [5.74, 6) is -0.0223. The van der Waals surface area contributed by atoms with Crippen LogP contribution in [0.4, 0.5) is 5.69 Å². The average molecular weight is 257 g/mol. The van der Waals surface area contributed by atoms with E-state index in [1.54, 1.807) is 30.3 Å². The van der Waals surface area contributed by atoms with Crippen molar-refractivity contribution in [3.8, 4) is 5.75 Å². The fourth-order valence-electron chi connectivity index (χ4n) is 1.60. The number of carbonyl (C=O) groups is 1. The number of hydrogen-bond donors (Lipinski definition) is 0. The zero-order valence-corrected chi connectivity index (χ0v) is 10.9. The molecular formula is C15H15NO3. The van der Waals surface area contributed by atoms with Gasteiger partial charge in [0, 0.05) is 14.1 Å². The second-order valence-electron chi connectivity index (χ2n) is 4.18. The van der Waals surface area contributed by atoms with E-state index in [-0.39, 0.29) is 0 Å². The summed E-state index contributed by atoms with van der Waals surface area (Å²) in [4.78, 5) is 23.6. The summed E-state index contributed by atoms with van der Waals surface area (Å²) in [7, 11) is 3.78. The van der Waals surface area contributed by atoms with E-state index in [4.69, 9.17) is 9.78 Å². The minimum atomic E-state index is -0.519. The van der Waals surface area contributed by atoms with E-state index >= 15 is 0 Å². The smallest absolute Gasteiger partial charge is 0.375 e. The normalized spacial score (nSPS) is 9.79. The van der Waals surface area contributed by atoms with Gasteiger partial charge in [-0.3, -0.25) is 4.89 Å². The summed E-state index contributed by atoms with van der Waals surface area (Å²) in [5, 5.41) is 0. The zero-order valence-electron chi connectivity index (χ0n) is 10.9. The Bertz CT molecular complexity index is 552. The molecular weight excluding hydrogens is 242 g/mol. The van der Waals surface area contributed by atoms with Crippen molar-refractivity contribution in [3.63, 3.8) is 0 Å². The number of para-hydroxylation sites is 2. The first-order valence-electron chi connectivity index (χ1n) is 5.89. The Kier molecular flexibility index (Phi) is 4.03. The van der Waals surface area contributed by atoms with Crippen molar-refractivity contribution < 1.29 is 14.6 Å². The lowest BCUT2D eigenvalue weighted by molar-refractivity contribution is -0.149. The maximum absolute atomic E-state index is 11.7. The predicted octanol–water partition coefficient (Wildman–Crippen LogP) is 2.90. The first kappa shape index (κ1) is 13.0.